The van der Waals surface area contributed by atoms with E-state index in [0.29, 0.717) is 0 Å². The van der Waals surface area contributed by atoms with Gasteiger partial charge in [0.1, 0.15) is 19.2 Å². The summed E-state index contributed by atoms with van der Waals surface area (Å²) in [7, 11) is 0. The summed E-state index contributed by atoms with van der Waals surface area (Å²) in [5.74, 6) is -1.72. The van der Waals surface area contributed by atoms with Crippen molar-refractivity contribution in [2.24, 2.45) is 0 Å². The molecule has 7 heteroatoms. The molecule has 0 fully saturated rings. The van der Waals surface area contributed by atoms with Gasteiger partial charge in [-0.25, -0.2) is 4.79 Å². The molecule has 0 heterocycles. The molecule has 0 saturated heterocycles. The van der Waals surface area contributed by atoms with Crippen LogP contribution in [0.1, 0.15) is 42.9 Å². The Bertz CT molecular complexity index is 1290. The van der Waals surface area contributed by atoms with Crippen LogP contribution >= 0.6 is 0 Å². The third-order valence-corrected chi connectivity index (χ3v) is 6.55. The zero-order chi connectivity index (χ0) is 27.1. The predicted molar refractivity (Wildman–Crippen MR) is 146 cm³/mol. The normalized spacial score (nSPS) is 12.6. The second-order valence-electron chi connectivity index (χ2n) is 9.61. The molecule has 1 aliphatic rings. The van der Waals surface area contributed by atoms with Crippen LogP contribution in [0.2, 0.25) is 0 Å². The van der Waals surface area contributed by atoms with Gasteiger partial charge in [0.05, 0.1) is 0 Å². The van der Waals surface area contributed by atoms with Crippen molar-refractivity contribution in [3.63, 3.8) is 0 Å². The van der Waals surface area contributed by atoms with Crippen LogP contribution in [0.25, 0.3) is 11.1 Å². The monoisotopic (exact) mass is 512 g/mol. The number of benzene rings is 3. The molecule has 0 bridgehead atoms. The molecule has 1 aliphatic carbocycles. The molecule has 7 nitrogen and oxygen atoms in total. The average molecular weight is 513 g/mol. The number of ether oxygens (including phenoxy) is 1. The molecule has 3 aromatic carbocycles. The molecule has 2 amide bonds. The summed E-state index contributed by atoms with van der Waals surface area (Å²) >= 11 is 0. The highest BCUT2D eigenvalue weighted by molar-refractivity contribution is 5.88. The number of allylic oxidation sites excluding steroid dienone is 1. The van der Waals surface area contributed by atoms with Gasteiger partial charge in [0, 0.05) is 12.5 Å². The number of carboxylic acid groups (broad SMARTS) is 1. The van der Waals surface area contributed by atoms with Crippen molar-refractivity contribution in [2.45, 2.75) is 38.8 Å². The van der Waals surface area contributed by atoms with Crippen LogP contribution in [0.3, 0.4) is 0 Å². The summed E-state index contributed by atoms with van der Waals surface area (Å²) in [4.78, 5) is 39.2. The molecule has 196 valence electrons. The second kappa shape index (κ2) is 12.2. The van der Waals surface area contributed by atoms with Crippen molar-refractivity contribution in [1.82, 2.24) is 10.2 Å². The van der Waals surface area contributed by atoms with E-state index in [4.69, 9.17) is 4.74 Å². The van der Waals surface area contributed by atoms with E-state index in [1.807, 2.05) is 86.7 Å². The highest BCUT2D eigenvalue weighted by Gasteiger charge is 2.31. The SMILES string of the molecule is CC(C)=CCC(NC(=O)OCC1c2ccccc2-c2ccccc21)C(=O)N(CC(=O)O)Cc1ccccc1. The number of alkyl carbamates (subject to hydrolysis) is 1. The molecule has 3 aromatic rings. The lowest BCUT2D eigenvalue weighted by Gasteiger charge is -2.26. The van der Waals surface area contributed by atoms with Crippen molar-refractivity contribution >= 4 is 18.0 Å². The number of carboxylic acids is 1. The number of carbonyl (C=O) groups excluding carboxylic acids is 2. The Labute approximate surface area is 222 Å². The number of carbonyl (C=O) groups is 3. The highest BCUT2D eigenvalue weighted by Crippen LogP contribution is 2.44. The predicted octanol–water partition coefficient (Wildman–Crippen LogP) is 5.36. The van der Waals surface area contributed by atoms with Gasteiger partial charge < -0.3 is 20.1 Å². The maximum Gasteiger partial charge on any atom is 0.407 e. The summed E-state index contributed by atoms with van der Waals surface area (Å²) in [6.07, 6.45) is 1.34. The van der Waals surface area contributed by atoms with Crippen molar-refractivity contribution in [3.05, 3.63) is 107 Å². The van der Waals surface area contributed by atoms with Gasteiger partial charge in [0.15, 0.2) is 0 Å². The van der Waals surface area contributed by atoms with Crippen molar-refractivity contribution in [3.8, 4) is 11.1 Å². The smallest absolute Gasteiger partial charge is 0.407 e. The molecule has 0 radical (unpaired) electrons. The number of aliphatic carboxylic acids is 1. The zero-order valence-electron chi connectivity index (χ0n) is 21.6. The fourth-order valence-corrected chi connectivity index (χ4v) is 4.76. The van der Waals surface area contributed by atoms with Gasteiger partial charge in [-0.2, -0.15) is 0 Å². The maximum atomic E-state index is 13.5. The fourth-order valence-electron chi connectivity index (χ4n) is 4.76. The molecule has 4 rings (SSSR count). The molecular formula is C31H32N2O5. The standard InChI is InChI=1S/C31H32N2O5/c1-21(2)16-17-28(30(36)33(19-29(34)35)18-22-10-4-3-5-11-22)32-31(37)38-20-27-25-14-8-6-12-23(25)24-13-7-9-15-26(24)27/h3-16,27-28H,17-20H2,1-2H3,(H,32,37)(H,34,35). The first-order valence-electron chi connectivity index (χ1n) is 12.6. The first kappa shape index (κ1) is 26.7. The minimum absolute atomic E-state index is 0.110. The van der Waals surface area contributed by atoms with Crippen LogP contribution < -0.4 is 5.32 Å². The molecule has 0 saturated carbocycles. The van der Waals surface area contributed by atoms with Crippen molar-refractivity contribution < 1.29 is 24.2 Å². The van der Waals surface area contributed by atoms with Gasteiger partial charge in [-0.05, 0) is 48.1 Å². The fraction of sp³-hybridized carbons (Fsp3) is 0.258. The third kappa shape index (κ3) is 6.48. The largest absolute Gasteiger partial charge is 0.480 e. The van der Waals surface area contributed by atoms with Gasteiger partial charge in [0.2, 0.25) is 5.91 Å². The molecule has 38 heavy (non-hydrogen) atoms. The Morgan fingerprint density at radius 1 is 0.921 bits per heavy atom. The molecule has 1 unspecified atom stereocenters. The first-order valence-corrected chi connectivity index (χ1v) is 12.6. The molecule has 2 N–H and O–H groups in total. The van der Waals surface area contributed by atoms with E-state index in [2.05, 4.69) is 17.4 Å². The first-order chi connectivity index (χ1) is 18.3. The van der Waals surface area contributed by atoms with Gasteiger partial charge in [-0.3, -0.25) is 9.59 Å². The minimum atomic E-state index is -1.13. The molecular weight excluding hydrogens is 480 g/mol. The van der Waals surface area contributed by atoms with E-state index in [0.717, 1.165) is 33.4 Å². The Hall–Kier alpha value is -4.39. The summed E-state index contributed by atoms with van der Waals surface area (Å²) in [6.45, 7) is 3.54. The van der Waals surface area contributed by atoms with E-state index in [-0.39, 0.29) is 25.5 Å². The van der Waals surface area contributed by atoms with Crippen molar-refractivity contribution in [1.29, 1.82) is 0 Å². The summed E-state index contributed by atoms with van der Waals surface area (Å²) in [5, 5.41) is 12.1. The Balaban J connectivity index is 1.48. The topological polar surface area (TPSA) is 95.9 Å². The van der Waals surface area contributed by atoms with Gasteiger partial charge >= 0.3 is 12.1 Å². The van der Waals surface area contributed by atoms with Crippen LogP contribution in [0.15, 0.2) is 90.5 Å². The Morgan fingerprint density at radius 2 is 1.50 bits per heavy atom. The summed E-state index contributed by atoms with van der Waals surface area (Å²) in [6, 6.07) is 24.3. The third-order valence-electron chi connectivity index (χ3n) is 6.55. The molecule has 0 spiro atoms. The van der Waals surface area contributed by atoms with Crippen LogP contribution in [-0.2, 0) is 20.9 Å². The second-order valence-corrected chi connectivity index (χ2v) is 9.61. The quantitative estimate of drug-likeness (QED) is 0.357. The number of hydrogen-bond donors (Lipinski definition) is 2. The van der Waals surface area contributed by atoms with Gasteiger partial charge in [0.25, 0.3) is 0 Å². The number of fused-ring (bicyclic) bond motifs is 3. The van der Waals surface area contributed by atoms with E-state index in [1.165, 1.54) is 4.90 Å². The number of rotatable bonds is 10. The van der Waals surface area contributed by atoms with Gasteiger partial charge in [-0.1, -0.05) is 90.5 Å². The molecule has 1 atom stereocenters. The number of nitrogens with zero attached hydrogens (tertiary/aromatic N) is 1. The maximum absolute atomic E-state index is 13.5. The summed E-state index contributed by atoms with van der Waals surface area (Å²) < 4.78 is 5.65. The van der Waals surface area contributed by atoms with E-state index < -0.39 is 30.6 Å². The van der Waals surface area contributed by atoms with E-state index in [1.54, 1.807) is 0 Å². The molecule has 0 aromatic heterocycles. The summed E-state index contributed by atoms with van der Waals surface area (Å²) in [5.41, 5.74) is 6.20. The lowest BCUT2D eigenvalue weighted by molar-refractivity contribution is -0.145. The zero-order valence-corrected chi connectivity index (χ0v) is 21.6. The van der Waals surface area contributed by atoms with Crippen LogP contribution in [0, 0.1) is 0 Å². The average Bonchev–Trinajstić information content (AvgIpc) is 3.23. The molecule has 0 aliphatic heterocycles. The number of nitrogens with one attached hydrogen (secondary N) is 1. The highest BCUT2D eigenvalue weighted by atomic mass is 16.5. The van der Waals surface area contributed by atoms with Crippen LogP contribution in [0.5, 0.6) is 0 Å². The Morgan fingerprint density at radius 3 is 2.08 bits per heavy atom. The van der Waals surface area contributed by atoms with Gasteiger partial charge in [-0.15, -0.1) is 0 Å². The lowest BCUT2D eigenvalue weighted by Crippen LogP contribution is -2.49. The minimum Gasteiger partial charge on any atom is -0.480 e. The van der Waals surface area contributed by atoms with Crippen LogP contribution in [0.4, 0.5) is 4.79 Å². The van der Waals surface area contributed by atoms with Crippen molar-refractivity contribution in [2.75, 3.05) is 13.2 Å². The van der Waals surface area contributed by atoms with E-state index >= 15 is 0 Å². The van der Waals surface area contributed by atoms with Crippen LogP contribution in [-0.4, -0.2) is 47.2 Å². The lowest BCUT2D eigenvalue weighted by atomic mass is 9.98. The number of amides is 2. The Kier molecular flexibility index (Phi) is 8.58. The number of hydrogen-bond acceptors (Lipinski definition) is 4. The van der Waals surface area contributed by atoms with E-state index in [9.17, 15) is 19.5 Å².